The van der Waals surface area contributed by atoms with E-state index in [2.05, 4.69) is 22.5 Å². The lowest BCUT2D eigenvalue weighted by Crippen LogP contribution is -2.20. The van der Waals surface area contributed by atoms with Crippen LogP contribution in [0.4, 0.5) is 11.4 Å². The molecule has 9 nitrogen and oxygen atoms in total. The average molecular weight is 469 g/mol. The number of ether oxygens (including phenoxy) is 1. The summed E-state index contributed by atoms with van der Waals surface area (Å²) in [6.45, 7) is 3.75. The topological polar surface area (TPSA) is 147 Å². The number of nitrogens with two attached hydrogens (primary N) is 1. The van der Waals surface area contributed by atoms with Gasteiger partial charge < -0.3 is 21.1 Å². The van der Waals surface area contributed by atoms with E-state index in [0.29, 0.717) is 17.7 Å². The van der Waals surface area contributed by atoms with Crippen LogP contribution >= 0.6 is 0 Å². The maximum absolute atomic E-state index is 12.5. The number of nitrogen functional groups attached to an aromatic ring is 1. The molecular weight excluding hydrogens is 434 g/mol. The number of carbonyl (C=O) groups is 3. The van der Waals surface area contributed by atoms with Crippen molar-refractivity contribution in [1.29, 1.82) is 5.41 Å². The molecule has 2 unspecified atom stereocenters. The number of unbranched alkanes of at least 4 members (excludes halogenated alkanes) is 2. The van der Waals surface area contributed by atoms with Crippen LogP contribution in [-0.2, 0) is 14.4 Å². The van der Waals surface area contributed by atoms with Gasteiger partial charge >= 0.3 is 5.97 Å². The number of nitrogens with one attached hydrogen (secondary N) is 3. The Kier molecular flexibility index (Phi) is 10.0. The fourth-order valence-electron chi connectivity index (χ4n) is 3.02. The summed E-state index contributed by atoms with van der Waals surface area (Å²) in [6, 6.07) is 7.94. The average Bonchev–Trinajstić information content (AvgIpc) is 2.83. The Morgan fingerprint density at radius 2 is 1.76 bits per heavy atom. The first-order valence-electron chi connectivity index (χ1n) is 11.9. The highest BCUT2D eigenvalue weighted by molar-refractivity contribution is 5.98. The molecule has 0 bridgehead atoms. The minimum atomic E-state index is -0.614. The first kappa shape index (κ1) is 24.9. The molecule has 1 aromatic carbocycles. The Hall–Kier alpha value is -3.75. The van der Waals surface area contributed by atoms with E-state index in [1.54, 1.807) is 31.2 Å². The zero-order valence-corrected chi connectivity index (χ0v) is 19.6. The molecule has 34 heavy (non-hydrogen) atoms. The van der Waals surface area contributed by atoms with Gasteiger partial charge in [0.1, 0.15) is 11.5 Å². The summed E-state index contributed by atoms with van der Waals surface area (Å²) in [5, 5.41) is 12.7. The number of rotatable bonds is 13. The molecule has 9 heteroatoms. The number of amides is 2. The maximum Gasteiger partial charge on any atom is 0.314 e. The molecule has 182 valence electrons. The summed E-state index contributed by atoms with van der Waals surface area (Å²) in [5.41, 5.74) is 6.69. The van der Waals surface area contributed by atoms with Gasteiger partial charge in [-0.3, -0.25) is 24.8 Å². The van der Waals surface area contributed by atoms with E-state index in [1.165, 1.54) is 18.5 Å². The molecule has 2 atom stereocenters. The van der Waals surface area contributed by atoms with Crippen molar-refractivity contribution in [3.63, 3.8) is 0 Å². The van der Waals surface area contributed by atoms with E-state index in [-0.39, 0.29) is 36.0 Å². The SMILES string of the molecule is [2H]C(CCCCC)C(C)C(=O)Oc1ccncc1NC(=O)CCC(=O)Nc1ccc(C(=N)N)cc1. The largest absolute Gasteiger partial charge is 0.424 e. The number of pyridine rings is 1. The van der Waals surface area contributed by atoms with E-state index < -0.39 is 24.2 Å². The number of aromatic nitrogens is 1. The lowest BCUT2D eigenvalue weighted by Gasteiger charge is -2.14. The van der Waals surface area contributed by atoms with Crippen LogP contribution in [0.5, 0.6) is 5.75 Å². The van der Waals surface area contributed by atoms with Gasteiger partial charge in [-0.05, 0) is 30.7 Å². The van der Waals surface area contributed by atoms with Crippen molar-refractivity contribution in [3.05, 3.63) is 48.3 Å². The summed E-state index contributed by atoms with van der Waals surface area (Å²) in [7, 11) is 0. The molecule has 0 spiro atoms. The Morgan fingerprint density at radius 3 is 2.41 bits per heavy atom. The van der Waals surface area contributed by atoms with Crippen molar-refractivity contribution in [1.82, 2.24) is 4.98 Å². The highest BCUT2D eigenvalue weighted by Gasteiger charge is 2.18. The van der Waals surface area contributed by atoms with Crippen LogP contribution < -0.4 is 21.1 Å². The molecule has 0 aliphatic rings. The fraction of sp³-hybridized carbons (Fsp3) is 0.400. The van der Waals surface area contributed by atoms with Crippen molar-refractivity contribution in [2.24, 2.45) is 11.7 Å². The number of amidine groups is 1. The van der Waals surface area contributed by atoms with Crippen molar-refractivity contribution in [2.75, 3.05) is 10.6 Å². The number of hydrogen-bond acceptors (Lipinski definition) is 6. The molecule has 0 fully saturated rings. The molecule has 0 saturated carbocycles. The van der Waals surface area contributed by atoms with Gasteiger partial charge in [-0.1, -0.05) is 39.5 Å². The second-order valence-electron chi connectivity index (χ2n) is 7.90. The predicted octanol–water partition coefficient (Wildman–Crippen LogP) is 4.23. The normalized spacial score (nSPS) is 12.7. The number of benzene rings is 1. The number of hydrogen-bond donors (Lipinski definition) is 4. The molecule has 0 aliphatic carbocycles. The minimum absolute atomic E-state index is 0.0645. The number of esters is 1. The van der Waals surface area contributed by atoms with Crippen LogP contribution in [0.15, 0.2) is 42.7 Å². The van der Waals surface area contributed by atoms with Gasteiger partial charge in [0.25, 0.3) is 0 Å². The third-order valence-corrected chi connectivity index (χ3v) is 5.02. The smallest absolute Gasteiger partial charge is 0.314 e. The highest BCUT2D eigenvalue weighted by atomic mass is 16.5. The summed E-state index contributed by atoms with van der Waals surface area (Å²) in [5.74, 6) is -1.88. The second kappa shape index (κ2) is 13.7. The Bertz CT molecular complexity index is 1030. The predicted molar refractivity (Wildman–Crippen MR) is 132 cm³/mol. The Labute approximate surface area is 201 Å². The molecule has 1 heterocycles. The zero-order chi connectivity index (χ0) is 25.8. The van der Waals surface area contributed by atoms with E-state index in [1.807, 2.05) is 0 Å². The van der Waals surface area contributed by atoms with E-state index in [0.717, 1.165) is 19.3 Å². The summed E-state index contributed by atoms with van der Waals surface area (Å²) >= 11 is 0. The molecule has 0 radical (unpaired) electrons. The molecule has 2 rings (SSSR count). The lowest BCUT2D eigenvalue weighted by atomic mass is 10.0. The van der Waals surface area contributed by atoms with Crippen molar-refractivity contribution >= 4 is 35.0 Å². The molecule has 1 aromatic heterocycles. The summed E-state index contributed by atoms with van der Waals surface area (Å²) in [4.78, 5) is 41.0. The fourth-order valence-corrected chi connectivity index (χ4v) is 3.02. The van der Waals surface area contributed by atoms with Gasteiger partial charge in [0.2, 0.25) is 11.8 Å². The van der Waals surface area contributed by atoms with Crippen LogP contribution in [0.1, 0.15) is 65.7 Å². The van der Waals surface area contributed by atoms with Crippen LogP contribution in [0.25, 0.3) is 0 Å². The number of anilines is 2. The van der Waals surface area contributed by atoms with E-state index in [9.17, 15) is 14.4 Å². The number of nitrogens with zero attached hydrogens (tertiary/aromatic N) is 1. The minimum Gasteiger partial charge on any atom is -0.424 e. The van der Waals surface area contributed by atoms with Crippen LogP contribution in [-0.4, -0.2) is 28.6 Å². The van der Waals surface area contributed by atoms with Crippen LogP contribution in [0, 0.1) is 11.3 Å². The molecule has 5 N–H and O–H groups in total. The second-order valence-corrected chi connectivity index (χ2v) is 7.90. The summed E-state index contributed by atoms with van der Waals surface area (Å²) < 4.78 is 13.6. The first-order valence-corrected chi connectivity index (χ1v) is 11.3. The number of carbonyl (C=O) groups excluding carboxylic acids is 3. The van der Waals surface area contributed by atoms with Crippen molar-refractivity contribution < 1.29 is 20.5 Å². The maximum atomic E-state index is 12.5. The van der Waals surface area contributed by atoms with Gasteiger partial charge in [-0.25, -0.2) is 0 Å². The van der Waals surface area contributed by atoms with E-state index in [4.69, 9.17) is 17.3 Å². The van der Waals surface area contributed by atoms with Gasteiger partial charge in [-0.15, -0.1) is 0 Å². The van der Waals surface area contributed by atoms with Gasteiger partial charge in [-0.2, -0.15) is 0 Å². The standard InChI is InChI=1S/C25H33N5O4/c1-3-4-5-6-7-17(2)25(33)34-21-14-15-28-16-20(21)30-23(32)13-12-22(31)29-19-10-8-18(9-11-19)24(26)27/h8-11,14-17H,3-7,12-13H2,1-2H3,(H3,26,27)(H,29,31)(H,30,32)/i7D. The monoisotopic (exact) mass is 468 g/mol. The Morgan fingerprint density at radius 1 is 1.09 bits per heavy atom. The lowest BCUT2D eigenvalue weighted by molar-refractivity contribution is -0.138. The molecule has 0 saturated heterocycles. The van der Waals surface area contributed by atoms with E-state index >= 15 is 0 Å². The van der Waals surface area contributed by atoms with Crippen molar-refractivity contribution in [2.45, 2.75) is 58.8 Å². The van der Waals surface area contributed by atoms with Gasteiger partial charge in [0.05, 0.1) is 12.1 Å². The molecule has 2 aromatic rings. The van der Waals surface area contributed by atoms with Crippen molar-refractivity contribution in [3.8, 4) is 5.75 Å². The first-order chi connectivity index (χ1) is 16.7. The Balaban J connectivity index is 1.87. The summed E-state index contributed by atoms with van der Waals surface area (Å²) in [6.07, 6.45) is 5.64. The molecular formula is C25H33N5O4. The van der Waals surface area contributed by atoms with Gasteiger partial charge in [0, 0.05) is 37.7 Å². The molecule has 0 aliphatic heterocycles. The molecule has 2 amide bonds. The quantitative estimate of drug-likeness (QED) is 0.150. The van der Waals surface area contributed by atoms with Crippen LogP contribution in [0.3, 0.4) is 0 Å². The van der Waals surface area contributed by atoms with Crippen LogP contribution in [0.2, 0.25) is 0 Å². The zero-order valence-electron chi connectivity index (χ0n) is 20.6. The van der Waals surface area contributed by atoms with Gasteiger partial charge in [0.15, 0.2) is 5.75 Å². The third kappa shape index (κ3) is 9.01. The third-order valence-electron chi connectivity index (χ3n) is 5.02. The highest BCUT2D eigenvalue weighted by Crippen LogP contribution is 2.25.